The van der Waals surface area contributed by atoms with Crippen LogP contribution in [-0.4, -0.2) is 46.6 Å². The van der Waals surface area contributed by atoms with E-state index in [9.17, 15) is 18.0 Å². The molecular formula is C18H26N2O6S. The van der Waals surface area contributed by atoms with Crippen molar-refractivity contribution in [2.24, 2.45) is 0 Å². The van der Waals surface area contributed by atoms with E-state index in [4.69, 9.17) is 9.47 Å². The molecule has 0 radical (unpaired) electrons. The first kappa shape index (κ1) is 21.2. The lowest BCUT2D eigenvalue weighted by atomic mass is 9.95. The van der Waals surface area contributed by atoms with Crippen molar-refractivity contribution in [3.63, 3.8) is 0 Å². The van der Waals surface area contributed by atoms with E-state index >= 15 is 0 Å². The first-order valence-electron chi connectivity index (χ1n) is 8.91. The molecule has 2 rings (SSSR count). The fourth-order valence-electron chi connectivity index (χ4n) is 2.97. The van der Waals surface area contributed by atoms with E-state index in [2.05, 4.69) is 10.0 Å². The lowest BCUT2D eigenvalue weighted by molar-refractivity contribution is -0.130. The van der Waals surface area contributed by atoms with Crippen molar-refractivity contribution >= 4 is 21.9 Å². The summed E-state index contributed by atoms with van der Waals surface area (Å²) in [5, 5.41) is 2.90. The molecule has 1 aromatic rings. The van der Waals surface area contributed by atoms with Crippen molar-refractivity contribution in [1.82, 2.24) is 10.0 Å². The van der Waals surface area contributed by atoms with Crippen LogP contribution in [0.1, 0.15) is 49.4 Å². The van der Waals surface area contributed by atoms with E-state index < -0.39 is 22.1 Å². The highest BCUT2D eigenvalue weighted by Crippen LogP contribution is 2.25. The van der Waals surface area contributed by atoms with Crippen LogP contribution >= 0.6 is 0 Å². The van der Waals surface area contributed by atoms with Crippen molar-refractivity contribution in [3.05, 3.63) is 23.8 Å². The third-order valence-corrected chi connectivity index (χ3v) is 6.00. The second-order valence-electron chi connectivity index (χ2n) is 6.46. The number of esters is 1. The molecule has 1 aliphatic carbocycles. The first-order chi connectivity index (χ1) is 12.8. The number of amides is 1. The number of sulfonamides is 1. The highest BCUT2D eigenvalue weighted by molar-refractivity contribution is 7.89. The van der Waals surface area contributed by atoms with E-state index in [0.717, 1.165) is 25.7 Å². The normalized spacial score (nSPS) is 16.4. The Balaban J connectivity index is 2.08. The van der Waals surface area contributed by atoms with Gasteiger partial charge < -0.3 is 14.8 Å². The molecule has 0 saturated heterocycles. The van der Waals surface area contributed by atoms with Gasteiger partial charge in [-0.05, 0) is 45.0 Å². The minimum absolute atomic E-state index is 0.0157. The highest BCUT2D eigenvalue weighted by atomic mass is 32.2. The zero-order valence-corrected chi connectivity index (χ0v) is 16.6. The molecule has 8 nitrogen and oxygen atoms in total. The molecule has 9 heteroatoms. The van der Waals surface area contributed by atoms with E-state index in [1.165, 1.54) is 45.7 Å². The predicted molar refractivity (Wildman–Crippen MR) is 99.1 cm³/mol. The van der Waals surface area contributed by atoms with Crippen LogP contribution in [0.5, 0.6) is 5.75 Å². The Morgan fingerprint density at radius 1 is 1.19 bits per heavy atom. The van der Waals surface area contributed by atoms with Crippen LogP contribution < -0.4 is 14.8 Å². The Hall–Kier alpha value is -2.13. The Labute approximate surface area is 159 Å². The van der Waals surface area contributed by atoms with Crippen molar-refractivity contribution in [2.75, 3.05) is 14.2 Å². The fourth-order valence-corrected chi connectivity index (χ4v) is 3.89. The summed E-state index contributed by atoms with van der Waals surface area (Å²) < 4.78 is 36.6. The van der Waals surface area contributed by atoms with Crippen molar-refractivity contribution in [2.45, 2.75) is 56.1 Å². The average molecular weight is 398 g/mol. The van der Waals surface area contributed by atoms with Gasteiger partial charge in [-0.2, -0.15) is 0 Å². The van der Waals surface area contributed by atoms with Crippen molar-refractivity contribution < 1.29 is 27.5 Å². The molecule has 27 heavy (non-hydrogen) atoms. The molecule has 0 spiro atoms. The molecule has 1 aliphatic rings. The van der Waals surface area contributed by atoms with Gasteiger partial charge >= 0.3 is 5.97 Å². The molecule has 1 fully saturated rings. The minimum Gasteiger partial charge on any atom is -0.495 e. The number of benzene rings is 1. The van der Waals surface area contributed by atoms with Gasteiger partial charge in [0.05, 0.1) is 12.7 Å². The molecule has 0 heterocycles. The van der Waals surface area contributed by atoms with E-state index in [1.54, 1.807) is 0 Å². The molecule has 1 atom stereocenters. The summed E-state index contributed by atoms with van der Waals surface area (Å²) in [4.78, 5) is 24.4. The van der Waals surface area contributed by atoms with Gasteiger partial charge in [-0.3, -0.25) is 4.79 Å². The number of hydrogen-bond acceptors (Lipinski definition) is 6. The predicted octanol–water partition coefficient (Wildman–Crippen LogP) is 1.60. The van der Waals surface area contributed by atoms with Crippen molar-refractivity contribution in [3.8, 4) is 5.75 Å². The summed E-state index contributed by atoms with van der Waals surface area (Å²) in [5.74, 6) is -1.03. The van der Waals surface area contributed by atoms with Gasteiger partial charge in [0, 0.05) is 6.04 Å². The summed E-state index contributed by atoms with van der Waals surface area (Å²) in [6.45, 7) is 1.49. The number of carbonyl (C=O) groups excluding carboxylic acids is 2. The van der Waals surface area contributed by atoms with Crippen LogP contribution in [0.15, 0.2) is 23.1 Å². The molecular weight excluding hydrogens is 372 g/mol. The minimum atomic E-state index is -3.82. The van der Waals surface area contributed by atoms with Crippen LogP contribution in [0, 0.1) is 0 Å². The van der Waals surface area contributed by atoms with Crippen LogP contribution in [-0.2, 0) is 19.6 Å². The number of nitrogens with one attached hydrogen (secondary N) is 2. The third kappa shape index (κ3) is 5.43. The second-order valence-corrected chi connectivity index (χ2v) is 8.32. The molecule has 1 amide bonds. The first-order valence-corrected chi connectivity index (χ1v) is 10.4. The molecule has 0 bridgehead atoms. The summed E-state index contributed by atoms with van der Waals surface area (Å²) in [6.07, 6.45) is 4.20. The number of hydrogen-bond donors (Lipinski definition) is 2. The zero-order chi connectivity index (χ0) is 20.0. The van der Waals surface area contributed by atoms with Crippen LogP contribution in [0.4, 0.5) is 0 Å². The maximum atomic E-state index is 12.4. The van der Waals surface area contributed by atoms with Gasteiger partial charge in [-0.25, -0.2) is 17.9 Å². The molecule has 0 aliphatic heterocycles. The molecule has 0 aromatic heterocycles. The van der Waals surface area contributed by atoms with Gasteiger partial charge in [-0.1, -0.05) is 19.3 Å². The number of ether oxygens (including phenoxy) is 2. The largest absolute Gasteiger partial charge is 0.495 e. The van der Waals surface area contributed by atoms with Crippen LogP contribution in [0.25, 0.3) is 0 Å². The molecule has 1 saturated carbocycles. The van der Waals surface area contributed by atoms with Crippen LogP contribution in [0.3, 0.4) is 0 Å². The van der Waals surface area contributed by atoms with Gasteiger partial charge in [0.15, 0.2) is 6.10 Å². The van der Waals surface area contributed by atoms with E-state index in [1.807, 2.05) is 0 Å². The lowest BCUT2D eigenvalue weighted by Crippen LogP contribution is -2.42. The lowest BCUT2D eigenvalue weighted by Gasteiger charge is -2.24. The second kappa shape index (κ2) is 9.18. The van der Waals surface area contributed by atoms with Gasteiger partial charge in [0.2, 0.25) is 10.0 Å². The van der Waals surface area contributed by atoms with Crippen LogP contribution in [0.2, 0.25) is 0 Å². The Kier molecular flexibility index (Phi) is 7.20. The maximum Gasteiger partial charge on any atom is 0.338 e. The smallest absolute Gasteiger partial charge is 0.338 e. The highest BCUT2D eigenvalue weighted by Gasteiger charge is 2.25. The van der Waals surface area contributed by atoms with Gasteiger partial charge in [0.25, 0.3) is 5.91 Å². The Morgan fingerprint density at radius 2 is 1.85 bits per heavy atom. The fraction of sp³-hybridized carbons (Fsp3) is 0.556. The maximum absolute atomic E-state index is 12.4. The quantitative estimate of drug-likeness (QED) is 0.675. The third-order valence-electron chi connectivity index (χ3n) is 4.56. The topological polar surface area (TPSA) is 111 Å². The molecule has 1 aromatic carbocycles. The molecule has 2 N–H and O–H groups in total. The summed E-state index contributed by atoms with van der Waals surface area (Å²) in [6, 6.07) is 4.04. The zero-order valence-electron chi connectivity index (χ0n) is 15.8. The standard InChI is InChI=1S/C18H26N2O6S/c1-12(17(21)20-14-7-5-4-6-8-14)26-18(22)13-9-10-15(25-3)16(11-13)27(23,24)19-2/h9-12,14,19H,4-8H2,1-3H3,(H,20,21). The summed E-state index contributed by atoms with van der Waals surface area (Å²) in [7, 11) is -1.23. The summed E-state index contributed by atoms with van der Waals surface area (Å²) in [5.41, 5.74) is 0.0157. The number of methoxy groups -OCH3 is 1. The van der Waals surface area contributed by atoms with E-state index in [0.29, 0.717) is 0 Å². The number of carbonyl (C=O) groups is 2. The van der Waals surface area contributed by atoms with Gasteiger partial charge in [0.1, 0.15) is 10.6 Å². The van der Waals surface area contributed by atoms with Gasteiger partial charge in [-0.15, -0.1) is 0 Å². The monoisotopic (exact) mass is 398 g/mol. The molecule has 1 unspecified atom stereocenters. The number of rotatable bonds is 7. The molecule has 150 valence electrons. The van der Waals surface area contributed by atoms with E-state index in [-0.39, 0.29) is 28.2 Å². The average Bonchev–Trinajstić information content (AvgIpc) is 2.68. The Morgan fingerprint density at radius 3 is 2.44 bits per heavy atom. The van der Waals surface area contributed by atoms with Crippen molar-refractivity contribution in [1.29, 1.82) is 0 Å². The summed E-state index contributed by atoms with van der Waals surface area (Å²) >= 11 is 0. The SMILES string of the molecule is CNS(=O)(=O)c1cc(C(=O)OC(C)C(=O)NC2CCCCC2)ccc1OC. The Bertz CT molecular complexity index is 787.